The molecule has 1 aromatic carbocycles. The van der Waals surface area contributed by atoms with Gasteiger partial charge in [-0.1, -0.05) is 11.6 Å². The van der Waals surface area contributed by atoms with Gasteiger partial charge in [0.25, 0.3) is 0 Å². The minimum Gasteiger partial charge on any atom is -0.495 e. The molecular weight excluding hydrogens is 294 g/mol. The number of hydrogen-bond donors (Lipinski definition) is 1. The van der Waals surface area contributed by atoms with Gasteiger partial charge in [0.1, 0.15) is 11.9 Å². The summed E-state index contributed by atoms with van der Waals surface area (Å²) in [4.78, 5) is 12.0. The molecule has 2 aromatic rings. The Labute approximate surface area is 127 Å². The SMILES string of the molecule is COc1ccc(-n2c(C(C)OC(C)C)n[nH]c2=O)cc1Cl. The molecule has 1 atom stereocenters. The van der Waals surface area contributed by atoms with E-state index in [-0.39, 0.29) is 17.9 Å². The Bertz CT molecular complexity index is 678. The first-order valence-electron chi connectivity index (χ1n) is 6.60. The van der Waals surface area contributed by atoms with Gasteiger partial charge in [0.2, 0.25) is 0 Å². The van der Waals surface area contributed by atoms with Crippen molar-refractivity contribution in [3.05, 3.63) is 39.5 Å². The first kappa shape index (κ1) is 15.6. The van der Waals surface area contributed by atoms with Gasteiger partial charge in [-0.15, -0.1) is 0 Å². The molecule has 0 radical (unpaired) electrons. The van der Waals surface area contributed by atoms with E-state index in [0.29, 0.717) is 22.3 Å². The fourth-order valence-corrected chi connectivity index (χ4v) is 2.35. The topological polar surface area (TPSA) is 69.1 Å². The molecular formula is C14H18ClN3O3. The molecule has 1 N–H and O–H groups in total. The fraction of sp³-hybridized carbons (Fsp3) is 0.429. The van der Waals surface area contributed by atoms with Crippen molar-refractivity contribution in [1.29, 1.82) is 0 Å². The third-order valence-corrected chi connectivity index (χ3v) is 3.23. The number of benzene rings is 1. The van der Waals surface area contributed by atoms with E-state index >= 15 is 0 Å². The van der Waals surface area contributed by atoms with E-state index < -0.39 is 0 Å². The van der Waals surface area contributed by atoms with Crippen LogP contribution in [0.1, 0.15) is 32.7 Å². The van der Waals surface area contributed by atoms with Gasteiger partial charge in [-0.3, -0.25) is 0 Å². The van der Waals surface area contributed by atoms with Crippen molar-refractivity contribution in [3.8, 4) is 11.4 Å². The van der Waals surface area contributed by atoms with Crippen molar-refractivity contribution in [1.82, 2.24) is 14.8 Å². The van der Waals surface area contributed by atoms with Gasteiger partial charge in [0.15, 0.2) is 5.82 Å². The summed E-state index contributed by atoms with van der Waals surface area (Å²) in [6.45, 7) is 5.70. The summed E-state index contributed by atoms with van der Waals surface area (Å²) < 4.78 is 12.2. The highest BCUT2D eigenvalue weighted by molar-refractivity contribution is 6.32. The minimum atomic E-state index is -0.342. The molecule has 0 aliphatic carbocycles. The summed E-state index contributed by atoms with van der Waals surface area (Å²) in [7, 11) is 1.54. The number of H-pyrrole nitrogens is 1. The summed E-state index contributed by atoms with van der Waals surface area (Å²) in [6, 6.07) is 5.10. The van der Waals surface area contributed by atoms with E-state index in [1.54, 1.807) is 18.2 Å². The second-order valence-electron chi connectivity index (χ2n) is 4.87. The average Bonchev–Trinajstić information content (AvgIpc) is 2.80. The van der Waals surface area contributed by atoms with Gasteiger partial charge >= 0.3 is 5.69 Å². The first-order valence-corrected chi connectivity index (χ1v) is 6.98. The van der Waals surface area contributed by atoms with Crippen molar-refractivity contribution in [2.24, 2.45) is 0 Å². The molecule has 2 rings (SSSR count). The summed E-state index contributed by atoms with van der Waals surface area (Å²) in [6.07, 6.45) is -0.301. The standard InChI is InChI=1S/C14H18ClN3O3/c1-8(2)21-9(3)13-16-17-14(19)18(13)10-5-6-12(20-4)11(15)7-10/h5-9H,1-4H3,(H,17,19). The number of nitrogens with one attached hydrogen (secondary N) is 1. The molecule has 0 fully saturated rings. The predicted molar refractivity (Wildman–Crippen MR) is 80.4 cm³/mol. The average molecular weight is 312 g/mol. The summed E-state index contributed by atoms with van der Waals surface area (Å²) in [5.74, 6) is 1.04. The van der Waals surface area contributed by atoms with E-state index in [1.807, 2.05) is 20.8 Å². The molecule has 114 valence electrons. The maximum Gasteiger partial charge on any atom is 0.348 e. The predicted octanol–water partition coefficient (Wildman–Crippen LogP) is 2.71. The maximum absolute atomic E-state index is 12.0. The number of halogens is 1. The first-order chi connectivity index (χ1) is 9.93. The molecule has 0 aliphatic heterocycles. The van der Waals surface area contributed by atoms with Crippen molar-refractivity contribution >= 4 is 11.6 Å². The number of ether oxygens (including phenoxy) is 2. The van der Waals surface area contributed by atoms with Crippen molar-refractivity contribution < 1.29 is 9.47 Å². The highest BCUT2D eigenvalue weighted by Gasteiger charge is 2.19. The van der Waals surface area contributed by atoms with Crippen molar-refractivity contribution in [3.63, 3.8) is 0 Å². The molecule has 6 nitrogen and oxygen atoms in total. The highest BCUT2D eigenvalue weighted by atomic mass is 35.5. The summed E-state index contributed by atoms with van der Waals surface area (Å²) in [5.41, 5.74) is 0.263. The Kier molecular flexibility index (Phi) is 4.69. The largest absolute Gasteiger partial charge is 0.495 e. The van der Waals surface area contributed by atoms with Crippen LogP contribution >= 0.6 is 11.6 Å². The number of nitrogens with zero attached hydrogens (tertiary/aromatic N) is 2. The normalized spacial score (nSPS) is 12.7. The third-order valence-electron chi connectivity index (χ3n) is 2.93. The Morgan fingerprint density at radius 3 is 2.62 bits per heavy atom. The van der Waals surface area contributed by atoms with Gasteiger partial charge in [-0.2, -0.15) is 5.10 Å². The number of aromatic nitrogens is 3. The quantitative estimate of drug-likeness (QED) is 0.921. The zero-order valence-electron chi connectivity index (χ0n) is 12.4. The zero-order chi connectivity index (χ0) is 15.6. The molecule has 0 aliphatic rings. The molecule has 0 saturated carbocycles. The lowest BCUT2D eigenvalue weighted by Gasteiger charge is -2.16. The van der Waals surface area contributed by atoms with Crippen LogP contribution in [-0.2, 0) is 4.74 Å². The van der Waals surface area contributed by atoms with Gasteiger partial charge in [0.05, 0.1) is 23.9 Å². The Balaban J connectivity index is 2.46. The van der Waals surface area contributed by atoms with Crippen LogP contribution in [0.15, 0.2) is 23.0 Å². The lowest BCUT2D eigenvalue weighted by Crippen LogP contribution is -2.20. The highest BCUT2D eigenvalue weighted by Crippen LogP contribution is 2.27. The second-order valence-corrected chi connectivity index (χ2v) is 5.28. The van der Waals surface area contributed by atoms with Crippen molar-refractivity contribution in [2.45, 2.75) is 33.0 Å². The van der Waals surface area contributed by atoms with E-state index in [2.05, 4.69) is 10.2 Å². The van der Waals surface area contributed by atoms with E-state index in [9.17, 15) is 4.79 Å². The van der Waals surface area contributed by atoms with Crippen molar-refractivity contribution in [2.75, 3.05) is 7.11 Å². The van der Waals surface area contributed by atoms with Crippen LogP contribution in [0.3, 0.4) is 0 Å². The molecule has 0 bridgehead atoms. The van der Waals surface area contributed by atoms with E-state index in [1.165, 1.54) is 11.7 Å². The van der Waals surface area contributed by atoms with Crippen LogP contribution in [0, 0.1) is 0 Å². The van der Waals surface area contributed by atoms with Crippen LogP contribution in [-0.4, -0.2) is 28.0 Å². The summed E-state index contributed by atoms with van der Waals surface area (Å²) in [5, 5.41) is 6.91. The molecule has 0 spiro atoms. The Hall–Kier alpha value is -1.79. The lowest BCUT2D eigenvalue weighted by molar-refractivity contribution is 0.0118. The Morgan fingerprint density at radius 2 is 2.05 bits per heavy atom. The van der Waals surface area contributed by atoms with Crippen LogP contribution < -0.4 is 10.4 Å². The Morgan fingerprint density at radius 1 is 1.33 bits per heavy atom. The second kappa shape index (κ2) is 6.32. The maximum atomic E-state index is 12.0. The van der Waals surface area contributed by atoms with Gasteiger partial charge in [0, 0.05) is 0 Å². The van der Waals surface area contributed by atoms with Crippen LogP contribution in [0.5, 0.6) is 5.75 Å². The number of methoxy groups -OCH3 is 1. The van der Waals surface area contributed by atoms with Gasteiger partial charge in [-0.05, 0) is 39.0 Å². The lowest BCUT2D eigenvalue weighted by atomic mass is 10.2. The molecule has 0 amide bonds. The smallest absolute Gasteiger partial charge is 0.348 e. The zero-order valence-corrected chi connectivity index (χ0v) is 13.1. The minimum absolute atomic E-state index is 0.0275. The molecule has 0 saturated heterocycles. The van der Waals surface area contributed by atoms with E-state index in [0.717, 1.165) is 0 Å². The van der Waals surface area contributed by atoms with Gasteiger partial charge in [-0.25, -0.2) is 14.5 Å². The van der Waals surface area contributed by atoms with Gasteiger partial charge < -0.3 is 9.47 Å². The van der Waals surface area contributed by atoms with Crippen LogP contribution in [0.4, 0.5) is 0 Å². The molecule has 7 heteroatoms. The molecule has 1 unspecified atom stereocenters. The number of hydrogen-bond acceptors (Lipinski definition) is 4. The number of rotatable bonds is 5. The monoisotopic (exact) mass is 311 g/mol. The van der Waals surface area contributed by atoms with E-state index in [4.69, 9.17) is 21.1 Å². The number of aromatic amines is 1. The third kappa shape index (κ3) is 3.28. The molecule has 21 heavy (non-hydrogen) atoms. The molecule has 1 aromatic heterocycles. The molecule has 1 heterocycles. The summed E-state index contributed by atoms with van der Waals surface area (Å²) >= 11 is 6.11. The van der Waals surface area contributed by atoms with Crippen LogP contribution in [0.2, 0.25) is 5.02 Å². The van der Waals surface area contributed by atoms with Crippen LogP contribution in [0.25, 0.3) is 5.69 Å². The fourth-order valence-electron chi connectivity index (χ4n) is 2.09.